The second-order valence-electron chi connectivity index (χ2n) is 6.21. The summed E-state index contributed by atoms with van der Waals surface area (Å²) in [7, 11) is 1.66. The van der Waals surface area contributed by atoms with Gasteiger partial charge in [0.1, 0.15) is 17.3 Å². The first kappa shape index (κ1) is 16.4. The van der Waals surface area contributed by atoms with Crippen LogP contribution >= 0.6 is 0 Å². The van der Waals surface area contributed by atoms with Crippen molar-refractivity contribution >= 4 is 11.8 Å². The molecule has 1 aliphatic rings. The van der Waals surface area contributed by atoms with Gasteiger partial charge in [0.15, 0.2) is 0 Å². The zero-order chi connectivity index (χ0) is 17.1. The molecule has 1 aromatic heterocycles. The van der Waals surface area contributed by atoms with Crippen LogP contribution < -0.4 is 15.4 Å². The SMILES string of the molecule is COc1ccc(O)cc1[C@H]1CCCCCN1c1cc(C)nc(N)n1. The van der Waals surface area contributed by atoms with Crippen LogP contribution in [0.3, 0.4) is 0 Å². The summed E-state index contributed by atoms with van der Waals surface area (Å²) in [5, 5.41) is 9.96. The number of nitrogens with two attached hydrogens (primary N) is 1. The van der Waals surface area contributed by atoms with Gasteiger partial charge < -0.3 is 20.5 Å². The first-order valence-electron chi connectivity index (χ1n) is 8.33. The Balaban J connectivity index is 2.06. The van der Waals surface area contributed by atoms with Crippen molar-refractivity contribution in [3.63, 3.8) is 0 Å². The molecule has 6 nitrogen and oxygen atoms in total. The molecule has 0 spiro atoms. The molecule has 0 bridgehead atoms. The summed E-state index contributed by atoms with van der Waals surface area (Å²) >= 11 is 0. The summed E-state index contributed by atoms with van der Waals surface area (Å²) in [4.78, 5) is 10.9. The number of anilines is 2. The first-order chi connectivity index (χ1) is 11.6. The van der Waals surface area contributed by atoms with Crippen molar-refractivity contribution in [2.75, 3.05) is 24.3 Å². The molecule has 1 atom stereocenters. The van der Waals surface area contributed by atoms with Gasteiger partial charge in [-0.15, -0.1) is 0 Å². The topological polar surface area (TPSA) is 84.5 Å². The number of ether oxygens (including phenoxy) is 1. The molecule has 1 fully saturated rings. The average Bonchev–Trinajstić information content (AvgIpc) is 2.79. The number of benzene rings is 1. The quantitative estimate of drug-likeness (QED) is 0.900. The number of nitrogen functional groups attached to an aromatic ring is 1. The second kappa shape index (κ2) is 6.95. The maximum absolute atomic E-state index is 9.96. The van der Waals surface area contributed by atoms with Gasteiger partial charge in [0.25, 0.3) is 0 Å². The van der Waals surface area contributed by atoms with Crippen LogP contribution in [-0.2, 0) is 0 Å². The molecule has 3 rings (SSSR count). The van der Waals surface area contributed by atoms with E-state index >= 15 is 0 Å². The number of phenolic OH excluding ortho intramolecular Hbond substituents is 1. The van der Waals surface area contributed by atoms with E-state index in [9.17, 15) is 5.11 Å². The minimum Gasteiger partial charge on any atom is -0.508 e. The number of aryl methyl sites for hydroxylation is 1. The Morgan fingerprint density at radius 3 is 2.79 bits per heavy atom. The van der Waals surface area contributed by atoms with E-state index < -0.39 is 0 Å². The van der Waals surface area contributed by atoms with Crippen molar-refractivity contribution in [3.8, 4) is 11.5 Å². The molecule has 2 heterocycles. The molecule has 0 aliphatic carbocycles. The van der Waals surface area contributed by atoms with Gasteiger partial charge >= 0.3 is 0 Å². The van der Waals surface area contributed by atoms with E-state index in [-0.39, 0.29) is 17.7 Å². The zero-order valence-electron chi connectivity index (χ0n) is 14.2. The van der Waals surface area contributed by atoms with Gasteiger partial charge in [-0.05, 0) is 38.0 Å². The maximum Gasteiger partial charge on any atom is 0.222 e. The van der Waals surface area contributed by atoms with E-state index in [2.05, 4.69) is 14.9 Å². The number of hydrogen-bond donors (Lipinski definition) is 2. The minimum absolute atomic E-state index is 0.0863. The maximum atomic E-state index is 9.96. The number of aromatic hydroxyl groups is 1. The molecular formula is C18H24N4O2. The van der Waals surface area contributed by atoms with E-state index in [1.165, 1.54) is 6.42 Å². The second-order valence-corrected chi connectivity index (χ2v) is 6.21. The Morgan fingerprint density at radius 1 is 1.21 bits per heavy atom. The van der Waals surface area contributed by atoms with E-state index in [1.807, 2.05) is 19.1 Å². The average molecular weight is 328 g/mol. The van der Waals surface area contributed by atoms with Crippen LogP contribution in [-0.4, -0.2) is 28.7 Å². The molecule has 0 radical (unpaired) electrons. The van der Waals surface area contributed by atoms with Crippen LogP contribution in [0.5, 0.6) is 11.5 Å². The Morgan fingerprint density at radius 2 is 2.04 bits per heavy atom. The minimum atomic E-state index is 0.0863. The Hall–Kier alpha value is -2.50. The summed E-state index contributed by atoms with van der Waals surface area (Å²) in [5.74, 6) is 2.14. The monoisotopic (exact) mass is 328 g/mol. The van der Waals surface area contributed by atoms with Crippen LogP contribution in [0.4, 0.5) is 11.8 Å². The van der Waals surface area contributed by atoms with E-state index in [4.69, 9.17) is 10.5 Å². The highest BCUT2D eigenvalue weighted by Crippen LogP contribution is 2.39. The van der Waals surface area contributed by atoms with Gasteiger partial charge in [0.05, 0.1) is 13.2 Å². The molecule has 1 aliphatic heterocycles. The highest BCUT2D eigenvalue weighted by Gasteiger charge is 2.27. The predicted molar refractivity (Wildman–Crippen MR) is 94.4 cm³/mol. The fourth-order valence-corrected chi connectivity index (χ4v) is 3.41. The molecule has 1 saturated heterocycles. The fraction of sp³-hybridized carbons (Fsp3) is 0.444. The van der Waals surface area contributed by atoms with Crippen LogP contribution in [0.2, 0.25) is 0 Å². The number of methoxy groups -OCH3 is 1. The van der Waals surface area contributed by atoms with Crippen LogP contribution in [0.25, 0.3) is 0 Å². The summed E-state index contributed by atoms with van der Waals surface area (Å²) in [5.41, 5.74) is 7.69. The van der Waals surface area contributed by atoms with E-state index in [1.54, 1.807) is 19.2 Å². The first-order valence-corrected chi connectivity index (χ1v) is 8.33. The van der Waals surface area contributed by atoms with Crippen molar-refractivity contribution in [2.45, 2.75) is 38.6 Å². The molecule has 24 heavy (non-hydrogen) atoms. The normalized spacial score (nSPS) is 18.2. The van der Waals surface area contributed by atoms with Gasteiger partial charge in [0, 0.05) is 23.9 Å². The summed E-state index contributed by atoms with van der Waals surface area (Å²) in [6, 6.07) is 7.30. The molecule has 128 valence electrons. The number of aromatic nitrogens is 2. The van der Waals surface area contributed by atoms with Gasteiger partial charge in [-0.2, -0.15) is 4.98 Å². The van der Waals surface area contributed by atoms with Crippen molar-refractivity contribution in [2.24, 2.45) is 0 Å². The van der Waals surface area contributed by atoms with Crippen molar-refractivity contribution in [3.05, 3.63) is 35.5 Å². The van der Waals surface area contributed by atoms with Crippen LogP contribution in [0.1, 0.15) is 43.0 Å². The third-order valence-electron chi connectivity index (χ3n) is 4.48. The molecule has 0 unspecified atom stereocenters. The highest BCUT2D eigenvalue weighted by molar-refractivity contribution is 5.50. The number of phenols is 1. The number of hydrogen-bond acceptors (Lipinski definition) is 6. The summed E-state index contributed by atoms with van der Waals surface area (Å²) in [6.07, 6.45) is 4.37. The summed E-state index contributed by atoms with van der Waals surface area (Å²) in [6.45, 7) is 2.81. The van der Waals surface area contributed by atoms with E-state index in [0.717, 1.165) is 48.6 Å². The zero-order valence-corrected chi connectivity index (χ0v) is 14.2. The Kier molecular flexibility index (Phi) is 4.74. The van der Waals surface area contributed by atoms with Crippen molar-refractivity contribution in [1.29, 1.82) is 0 Å². The lowest BCUT2D eigenvalue weighted by molar-refractivity contribution is 0.399. The third kappa shape index (κ3) is 3.37. The molecule has 0 saturated carbocycles. The predicted octanol–water partition coefficient (Wildman–Crippen LogP) is 3.20. The van der Waals surface area contributed by atoms with Gasteiger partial charge in [0.2, 0.25) is 5.95 Å². The Bertz CT molecular complexity index is 700. The fourth-order valence-electron chi connectivity index (χ4n) is 3.41. The molecule has 6 heteroatoms. The number of rotatable bonds is 3. The molecule has 3 N–H and O–H groups in total. The van der Waals surface area contributed by atoms with Gasteiger partial charge in [-0.1, -0.05) is 12.8 Å². The van der Waals surface area contributed by atoms with Crippen molar-refractivity contribution in [1.82, 2.24) is 9.97 Å². The lowest BCUT2D eigenvalue weighted by Gasteiger charge is -2.32. The third-order valence-corrected chi connectivity index (χ3v) is 4.48. The molecular weight excluding hydrogens is 304 g/mol. The Labute approximate surface area is 142 Å². The van der Waals surface area contributed by atoms with Gasteiger partial charge in [-0.25, -0.2) is 4.98 Å². The molecule has 1 aromatic carbocycles. The van der Waals surface area contributed by atoms with Crippen LogP contribution in [0, 0.1) is 6.92 Å². The standard InChI is InChI=1S/C18H24N4O2/c1-12-10-17(21-18(19)20-12)22-9-5-3-4-6-15(22)14-11-13(23)7-8-16(14)24-2/h7-8,10-11,15,23H,3-6,9H2,1-2H3,(H2,19,20,21)/t15-/m1/s1. The lowest BCUT2D eigenvalue weighted by atomic mass is 9.99. The molecule has 0 amide bonds. The largest absolute Gasteiger partial charge is 0.508 e. The van der Waals surface area contributed by atoms with Gasteiger partial charge in [-0.3, -0.25) is 0 Å². The number of nitrogens with zero attached hydrogens (tertiary/aromatic N) is 3. The molecule has 2 aromatic rings. The van der Waals surface area contributed by atoms with Crippen molar-refractivity contribution < 1.29 is 9.84 Å². The summed E-state index contributed by atoms with van der Waals surface area (Å²) < 4.78 is 5.53. The smallest absolute Gasteiger partial charge is 0.222 e. The van der Waals surface area contributed by atoms with E-state index in [0.29, 0.717) is 0 Å². The lowest BCUT2D eigenvalue weighted by Crippen LogP contribution is -2.30. The highest BCUT2D eigenvalue weighted by atomic mass is 16.5. The van der Waals surface area contributed by atoms with Crippen LogP contribution in [0.15, 0.2) is 24.3 Å².